The van der Waals surface area contributed by atoms with Crippen LogP contribution < -0.4 is 5.32 Å². The first-order chi connectivity index (χ1) is 8.90. The van der Waals surface area contributed by atoms with Crippen LogP contribution in [0, 0.1) is 5.92 Å². The lowest BCUT2D eigenvalue weighted by Crippen LogP contribution is -2.27. The fraction of sp³-hybridized carbons (Fsp3) is 0.625. The second-order valence-electron chi connectivity index (χ2n) is 5.65. The number of hydrogen-bond acceptors (Lipinski definition) is 2. The number of thioether (sulfide) groups is 1. The highest BCUT2D eigenvalue weighted by molar-refractivity contribution is 7.99. The molecule has 0 amide bonds. The van der Waals surface area contributed by atoms with Crippen molar-refractivity contribution in [2.24, 2.45) is 5.92 Å². The van der Waals surface area contributed by atoms with Gasteiger partial charge >= 0.3 is 0 Å². The molecule has 0 aromatic heterocycles. The van der Waals surface area contributed by atoms with Crippen molar-refractivity contribution in [3.8, 4) is 0 Å². The fourth-order valence-corrected chi connectivity index (χ4v) is 4.64. The van der Waals surface area contributed by atoms with Crippen LogP contribution in [-0.4, -0.2) is 18.6 Å². The van der Waals surface area contributed by atoms with E-state index in [0.717, 1.165) is 11.8 Å². The Morgan fingerprint density at radius 2 is 2.06 bits per heavy atom. The van der Waals surface area contributed by atoms with Crippen LogP contribution in [0.1, 0.15) is 48.8 Å². The van der Waals surface area contributed by atoms with Gasteiger partial charge in [0.2, 0.25) is 0 Å². The van der Waals surface area contributed by atoms with Gasteiger partial charge in [0.1, 0.15) is 0 Å². The van der Waals surface area contributed by atoms with Crippen molar-refractivity contribution in [2.45, 2.75) is 37.6 Å². The molecule has 0 spiro atoms. The second-order valence-corrected chi connectivity index (χ2v) is 6.80. The highest BCUT2D eigenvalue weighted by Gasteiger charge is 2.30. The Kier molecular flexibility index (Phi) is 3.95. The highest BCUT2D eigenvalue weighted by atomic mass is 32.2. The molecule has 1 N–H and O–H groups in total. The molecule has 1 aliphatic carbocycles. The van der Waals surface area contributed by atoms with Crippen molar-refractivity contribution in [3.05, 3.63) is 35.4 Å². The third-order valence-electron chi connectivity index (χ3n) is 4.62. The molecule has 1 saturated heterocycles. The van der Waals surface area contributed by atoms with Crippen LogP contribution in [0.25, 0.3) is 0 Å². The summed E-state index contributed by atoms with van der Waals surface area (Å²) < 4.78 is 0. The largest absolute Gasteiger partial charge is 0.313 e. The van der Waals surface area contributed by atoms with Crippen LogP contribution in [0.4, 0.5) is 0 Å². The van der Waals surface area contributed by atoms with Gasteiger partial charge in [0, 0.05) is 6.04 Å². The van der Waals surface area contributed by atoms with Gasteiger partial charge in [0.25, 0.3) is 0 Å². The lowest BCUT2D eigenvalue weighted by atomic mass is 9.76. The first-order valence-corrected chi connectivity index (χ1v) is 8.39. The van der Waals surface area contributed by atoms with Crippen LogP contribution in [-0.2, 0) is 0 Å². The maximum Gasteiger partial charge on any atom is 0.0357 e. The molecule has 0 bridgehead atoms. The molecule has 2 fully saturated rings. The summed E-state index contributed by atoms with van der Waals surface area (Å²) in [6, 6.07) is 9.72. The SMILES string of the molecule is CNC(c1ccccc1C1CCC1)C1CCSC1. The smallest absolute Gasteiger partial charge is 0.0357 e. The number of hydrogen-bond donors (Lipinski definition) is 1. The molecular weight excluding hydrogens is 238 g/mol. The first kappa shape index (κ1) is 12.6. The molecule has 1 nitrogen and oxygen atoms in total. The van der Waals surface area contributed by atoms with E-state index in [2.05, 4.69) is 48.4 Å². The van der Waals surface area contributed by atoms with Crippen molar-refractivity contribution in [3.63, 3.8) is 0 Å². The first-order valence-electron chi connectivity index (χ1n) is 7.24. The molecule has 1 saturated carbocycles. The summed E-state index contributed by atoms with van der Waals surface area (Å²) in [5.74, 6) is 4.33. The Bertz CT molecular complexity index is 394. The van der Waals surface area contributed by atoms with Gasteiger partial charge in [-0.15, -0.1) is 0 Å². The highest BCUT2D eigenvalue weighted by Crippen LogP contribution is 2.42. The van der Waals surface area contributed by atoms with Crippen molar-refractivity contribution in [2.75, 3.05) is 18.6 Å². The summed E-state index contributed by atoms with van der Waals surface area (Å²) in [5.41, 5.74) is 3.21. The summed E-state index contributed by atoms with van der Waals surface area (Å²) in [6.07, 6.45) is 5.58. The van der Waals surface area contributed by atoms with Crippen molar-refractivity contribution in [1.82, 2.24) is 5.32 Å². The third-order valence-corrected chi connectivity index (χ3v) is 5.81. The van der Waals surface area contributed by atoms with Crippen molar-refractivity contribution in [1.29, 1.82) is 0 Å². The number of rotatable bonds is 4. The third kappa shape index (κ3) is 2.33. The van der Waals surface area contributed by atoms with Crippen LogP contribution >= 0.6 is 11.8 Å². The Morgan fingerprint density at radius 3 is 2.67 bits per heavy atom. The van der Waals surface area contributed by atoms with Crippen LogP contribution in [0.15, 0.2) is 24.3 Å². The van der Waals surface area contributed by atoms with E-state index in [1.165, 1.54) is 37.2 Å². The van der Waals surface area contributed by atoms with Gasteiger partial charge in [-0.2, -0.15) is 11.8 Å². The Labute approximate surface area is 115 Å². The molecule has 2 heteroatoms. The van der Waals surface area contributed by atoms with E-state index >= 15 is 0 Å². The molecule has 1 heterocycles. The quantitative estimate of drug-likeness (QED) is 0.880. The summed E-state index contributed by atoms with van der Waals surface area (Å²) in [5, 5.41) is 3.59. The molecule has 1 aromatic rings. The predicted octanol–water partition coefficient (Wildman–Crippen LogP) is 3.97. The molecule has 18 heavy (non-hydrogen) atoms. The van der Waals surface area contributed by atoms with Crippen LogP contribution in [0.3, 0.4) is 0 Å². The standard InChI is InChI=1S/C16H23NS/c1-17-16(13-9-10-18-11-13)15-8-3-2-7-14(15)12-5-4-6-12/h2-3,7-8,12-13,16-17H,4-6,9-11H2,1H3. The van der Waals surface area contributed by atoms with Gasteiger partial charge in [-0.1, -0.05) is 30.7 Å². The van der Waals surface area contributed by atoms with Gasteiger partial charge in [0.15, 0.2) is 0 Å². The van der Waals surface area contributed by atoms with Gasteiger partial charge in [-0.05, 0) is 60.8 Å². The molecule has 1 aliphatic heterocycles. The number of benzene rings is 1. The van der Waals surface area contributed by atoms with E-state index in [1.807, 2.05) is 0 Å². The summed E-state index contributed by atoms with van der Waals surface area (Å²) in [7, 11) is 2.13. The zero-order chi connectivity index (χ0) is 12.4. The second kappa shape index (κ2) is 5.66. The number of nitrogens with one attached hydrogen (secondary N) is 1. The zero-order valence-electron chi connectivity index (χ0n) is 11.2. The Morgan fingerprint density at radius 1 is 1.22 bits per heavy atom. The van der Waals surface area contributed by atoms with E-state index < -0.39 is 0 Å². The molecular formula is C16H23NS. The molecule has 3 rings (SSSR count). The lowest BCUT2D eigenvalue weighted by Gasteiger charge is -2.32. The monoisotopic (exact) mass is 261 g/mol. The van der Waals surface area contributed by atoms with Crippen molar-refractivity contribution < 1.29 is 0 Å². The van der Waals surface area contributed by atoms with E-state index in [4.69, 9.17) is 0 Å². The van der Waals surface area contributed by atoms with E-state index in [-0.39, 0.29) is 0 Å². The van der Waals surface area contributed by atoms with E-state index in [0.29, 0.717) is 6.04 Å². The minimum atomic E-state index is 0.566. The predicted molar refractivity (Wildman–Crippen MR) is 80.3 cm³/mol. The van der Waals surface area contributed by atoms with Crippen molar-refractivity contribution >= 4 is 11.8 Å². The van der Waals surface area contributed by atoms with Gasteiger partial charge in [0.05, 0.1) is 0 Å². The van der Waals surface area contributed by atoms with Crippen LogP contribution in [0.5, 0.6) is 0 Å². The molecule has 2 atom stereocenters. The molecule has 2 unspecified atom stereocenters. The minimum absolute atomic E-state index is 0.566. The molecule has 2 aliphatic rings. The minimum Gasteiger partial charge on any atom is -0.313 e. The Balaban J connectivity index is 1.88. The normalized spacial score (nSPS) is 25.9. The summed E-state index contributed by atoms with van der Waals surface area (Å²) in [6.45, 7) is 0. The topological polar surface area (TPSA) is 12.0 Å². The summed E-state index contributed by atoms with van der Waals surface area (Å²) >= 11 is 2.11. The summed E-state index contributed by atoms with van der Waals surface area (Å²) in [4.78, 5) is 0. The lowest BCUT2D eigenvalue weighted by molar-refractivity contribution is 0.389. The molecule has 1 aromatic carbocycles. The molecule has 0 radical (unpaired) electrons. The van der Waals surface area contributed by atoms with Gasteiger partial charge in [-0.25, -0.2) is 0 Å². The maximum atomic E-state index is 3.59. The van der Waals surface area contributed by atoms with Gasteiger partial charge in [-0.3, -0.25) is 0 Å². The van der Waals surface area contributed by atoms with Crippen LogP contribution in [0.2, 0.25) is 0 Å². The average Bonchev–Trinajstić information content (AvgIpc) is 2.84. The Hall–Kier alpha value is -0.470. The zero-order valence-corrected chi connectivity index (χ0v) is 12.0. The van der Waals surface area contributed by atoms with Gasteiger partial charge < -0.3 is 5.32 Å². The molecule has 98 valence electrons. The van der Waals surface area contributed by atoms with E-state index in [1.54, 1.807) is 11.1 Å². The maximum absolute atomic E-state index is 3.59. The average molecular weight is 261 g/mol. The van der Waals surface area contributed by atoms with E-state index in [9.17, 15) is 0 Å². The fourth-order valence-electron chi connectivity index (χ4n) is 3.35.